The fraction of sp³-hybridized carbons (Fsp3) is 0.500. The van der Waals surface area contributed by atoms with E-state index in [-0.39, 0.29) is 17.9 Å². The van der Waals surface area contributed by atoms with Crippen LogP contribution in [0.4, 0.5) is 4.39 Å². The molecule has 1 aromatic rings. The monoisotopic (exact) mass is 268 g/mol. The fourth-order valence-corrected chi connectivity index (χ4v) is 1.65. The molecule has 0 amide bonds. The fourth-order valence-electron chi connectivity index (χ4n) is 1.65. The summed E-state index contributed by atoms with van der Waals surface area (Å²) in [6.45, 7) is 2.32. The molecule has 0 aromatic heterocycles. The number of carbonyl (C=O) groups excluding carboxylic acids is 1. The number of hydrogen-bond acceptors (Lipinski definition) is 4. The Morgan fingerprint density at radius 1 is 1.53 bits per heavy atom. The van der Waals surface area contributed by atoms with Crippen molar-refractivity contribution in [3.63, 3.8) is 0 Å². The van der Waals surface area contributed by atoms with Gasteiger partial charge in [-0.25, -0.2) is 9.18 Å². The zero-order chi connectivity index (χ0) is 13.8. The van der Waals surface area contributed by atoms with Gasteiger partial charge < -0.3 is 14.6 Å². The number of halogens is 1. The van der Waals surface area contributed by atoms with E-state index in [4.69, 9.17) is 4.74 Å². The molecule has 1 saturated carbocycles. The van der Waals surface area contributed by atoms with Crippen LogP contribution in [0.1, 0.15) is 31.4 Å². The molecule has 0 aliphatic heterocycles. The van der Waals surface area contributed by atoms with Gasteiger partial charge in [0.15, 0.2) is 17.7 Å². The Balaban J connectivity index is 2.02. The maximum Gasteiger partial charge on any atom is 0.339 e. The van der Waals surface area contributed by atoms with E-state index in [0.717, 1.165) is 18.9 Å². The Morgan fingerprint density at radius 2 is 2.26 bits per heavy atom. The number of aliphatic hydroxyl groups excluding tert-OH is 1. The average molecular weight is 268 g/mol. The molecule has 1 unspecified atom stereocenters. The summed E-state index contributed by atoms with van der Waals surface area (Å²) in [5.41, 5.74) is 0.162. The van der Waals surface area contributed by atoms with Crippen molar-refractivity contribution >= 4 is 5.97 Å². The van der Waals surface area contributed by atoms with Crippen LogP contribution < -0.4 is 4.74 Å². The van der Waals surface area contributed by atoms with Crippen LogP contribution in [0.5, 0.6) is 5.75 Å². The molecule has 0 spiro atoms. The van der Waals surface area contributed by atoms with Crippen molar-refractivity contribution in [1.82, 2.24) is 0 Å². The number of carbonyl (C=O) groups is 1. The minimum absolute atomic E-state index is 0.145. The van der Waals surface area contributed by atoms with Gasteiger partial charge in [0, 0.05) is 0 Å². The molecule has 2 rings (SSSR count). The highest BCUT2D eigenvalue weighted by Crippen LogP contribution is 2.30. The smallest absolute Gasteiger partial charge is 0.339 e. The van der Waals surface area contributed by atoms with Crippen LogP contribution in [0.3, 0.4) is 0 Å². The lowest BCUT2D eigenvalue weighted by Crippen LogP contribution is -2.15. The second-order valence-electron chi connectivity index (χ2n) is 4.60. The maximum atomic E-state index is 13.7. The summed E-state index contributed by atoms with van der Waals surface area (Å²) in [4.78, 5) is 11.3. The van der Waals surface area contributed by atoms with Crippen molar-refractivity contribution in [2.24, 2.45) is 5.92 Å². The van der Waals surface area contributed by atoms with Crippen LogP contribution >= 0.6 is 0 Å². The Labute approximate surface area is 111 Å². The van der Waals surface area contributed by atoms with Crippen LogP contribution in [0.2, 0.25) is 0 Å². The summed E-state index contributed by atoms with van der Waals surface area (Å²) >= 11 is 0. The highest BCUT2D eigenvalue weighted by Gasteiger charge is 2.23. The molecule has 1 aromatic carbocycles. The van der Waals surface area contributed by atoms with Gasteiger partial charge in [0.05, 0.1) is 13.2 Å². The number of ether oxygens (including phenoxy) is 2. The third-order valence-corrected chi connectivity index (χ3v) is 2.95. The molecular formula is C14H17FO4. The van der Waals surface area contributed by atoms with Gasteiger partial charge in [-0.3, -0.25) is 0 Å². The van der Waals surface area contributed by atoms with Gasteiger partial charge in [0.2, 0.25) is 0 Å². The SMILES string of the molecule is CCOC(=O)C(O)c1ccc(OCC2CC2)c(F)c1. The zero-order valence-electron chi connectivity index (χ0n) is 10.8. The highest BCUT2D eigenvalue weighted by atomic mass is 19.1. The second-order valence-corrected chi connectivity index (χ2v) is 4.60. The molecule has 5 heteroatoms. The van der Waals surface area contributed by atoms with Crippen molar-refractivity contribution in [3.8, 4) is 5.75 Å². The van der Waals surface area contributed by atoms with E-state index in [1.807, 2.05) is 0 Å². The molecule has 4 nitrogen and oxygen atoms in total. The van der Waals surface area contributed by atoms with E-state index in [0.29, 0.717) is 12.5 Å². The molecule has 1 N–H and O–H groups in total. The molecule has 19 heavy (non-hydrogen) atoms. The molecule has 1 aliphatic carbocycles. The van der Waals surface area contributed by atoms with E-state index < -0.39 is 17.9 Å². The number of esters is 1. The molecule has 0 heterocycles. The van der Waals surface area contributed by atoms with E-state index >= 15 is 0 Å². The Hall–Kier alpha value is -1.62. The molecular weight excluding hydrogens is 251 g/mol. The molecule has 0 radical (unpaired) electrons. The first-order valence-electron chi connectivity index (χ1n) is 6.38. The summed E-state index contributed by atoms with van der Waals surface area (Å²) in [5, 5.41) is 9.68. The number of benzene rings is 1. The first-order valence-corrected chi connectivity index (χ1v) is 6.38. The van der Waals surface area contributed by atoms with Crippen LogP contribution in [0.25, 0.3) is 0 Å². The van der Waals surface area contributed by atoms with Gasteiger partial charge in [-0.15, -0.1) is 0 Å². The van der Waals surface area contributed by atoms with Gasteiger partial charge in [-0.1, -0.05) is 6.07 Å². The third kappa shape index (κ3) is 3.67. The molecule has 0 bridgehead atoms. The Bertz CT molecular complexity index is 457. The first kappa shape index (κ1) is 13.8. The first-order chi connectivity index (χ1) is 9.11. The molecule has 0 saturated heterocycles. The zero-order valence-corrected chi connectivity index (χ0v) is 10.8. The largest absolute Gasteiger partial charge is 0.490 e. The maximum absolute atomic E-state index is 13.7. The van der Waals surface area contributed by atoms with Crippen LogP contribution in [-0.2, 0) is 9.53 Å². The average Bonchev–Trinajstić information content (AvgIpc) is 3.20. The number of hydrogen-bond donors (Lipinski definition) is 1. The van der Waals surface area contributed by atoms with E-state index in [1.54, 1.807) is 6.92 Å². The van der Waals surface area contributed by atoms with Gasteiger partial charge in [0.25, 0.3) is 0 Å². The lowest BCUT2D eigenvalue weighted by Gasteiger charge is -2.12. The van der Waals surface area contributed by atoms with Gasteiger partial charge >= 0.3 is 5.97 Å². The van der Waals surface area contributed by atoms with E-state index in [2.05, 4.69) is 4.74 Å². The Kier molecular flexibility index (Phi) is 4.37. The van der Waals surface area contributed by atoms with Crippen molar-refractivity contribution in [2.45, 2.75) is 25.9 Å². The highest BCUT2D eigenvalue weighted by molar-refractivity contribution is 5.76. The van der Waals surface area contributed by atoms with Crippen LogP contribution in [-0.4, -0.2) is 24.3 Å². The van der Waals surface area contributed by atoms with Gasteiger partial charge in [-0.2, -0.15) is 0 Å². The molecule has 1 atom stereocenters. The normalized spacial score (nSPS) is 15.9. The lowest BCUT2D eigenvalue weighted by molar-refractivity contribution is -0.153. The van der Waals surface area contributed by atoms with Crippen molar-refractivity contribution < 1.29 is 23.8 Å². The quantitative estimate of drug-likeness (QED) is 0.804. The predicted octanol–water partition coefficient (Wildman–Crippen LogP) is 2.21. The van der Waals surface area contributed by atoms with Gasteiger partial charge in [0.1, 0.15) is 0 Å². The van der Waals surface area contributed by atoms with Crippen molar-refractivity contribution in [2.75, 3.05) is 13.2 Å². The summed E-state index contributed by atoms with van der Waals surface area (Å²) in [5.74, 6) is -0.689. The minimum Gasteiger partial charge on any atom is -0.490 e. The lowest BCUT2D eigenvalue weighted by atomic mass is 10.1. The third-order valence-electron chi connectivity index (χ3n) is 2.95. The molecule has 104 valence electrons. The Morgan fingerprint density at radius 3 is 2.84 bits per heavy atom. The van der Waals surface area contributed by atoms with E-state index in [9.17, 15) is 14.3 Å². The standard InChI is InChI=1S/C14H17FO4/c1-2-18-14(17)13(16)10-5-6-12(11(15)7-10)19-8-9-3-4-9/h5-7,9,13,16H,2-4,8H2,1H3. The minimum atomic E-state index is -1.47. The summed E-state index contributed by atoms with van der Waals surface area (Å²) in [6.07, 6.45) is 0.787. The van der Waals surface area contributed by atoms with Crippen molar-refractivity contribution in [1.29, 1.82) is 0 Å². The summed E-state index contributed by atoms with van der Waals surface area (Å²) in [7, 11) is 0. The topological polar surface area (TPSA) is 55.8 Å². The summed E-state index contributed by atoms with van der Waals surface area (Å²) < 4.78 is 23.7. The molecule has 1 aliphatic rings. The van der Waals surface area contributed by atoms with Crippen molar-refractivity contribution in [3.05, 3.63) is 29.6 Å². The van der Waals surface area contributed by atoms with Crippen LogP contribution in [0.15, 0.2) is 18.2 Å². The number of aliphatic hydroxyl groups is 1. The van der Waals surface area contributed by atoms with E-state index in [1.165, 1.54) is 12.1 Å². The van der Waals surface area contributed by atoms with Gasteiger partial charge in [-0.05, 0) is 43.4 Å². The molecule has 1 fully saturated rings. The second kappa shape index (κ2) is 6.02. The van der Waals surface area contributed by atoms with Crippen LogP contribution in [0, 0.1) is 11.7 Å². The summed E-state index contributed by atoms with van der Waals surface area (Å²) in [6, 6.07) is 3.99. The number of rotatable bonds is 6. The predicted molar refractivity (Wildman–Crippen MR) is 66.2 cm³/mol.